The van der Waals surface area contributed by atoms with Crippen LogP contribution in [-0.2, 0) is 4.79 Å². The van der Waals surface area contributed by atoms with Gasteiger partial charge in [-0.1, -0.05) is 12.1 Å². The van der Waals surface area contributed by atoms with Gasteiger partial charge in [-0.2, -0.15) is 0 Å². The van der Waals surface area contributed by atoms with Gasteiger partial charge in [-0.25, -0.2) is 4.79 Å². The summed E-state index contributed by atoms with van der Waals surface area (Å²) < 4.78 is 4.92. The first-order chi connectivity index (χ1) is 11.3. The molecular formula is C17H10O7. The van der Waals surface area contributed by atoms with E-state index in [0.717, 1.165) is 19.1 Å². The van der Waals surface area contributed by atoms with Crippen molar-refractivity contribution in [3.63, 3.8) is 0 Å². The van der Waals surface area contributed by atoms with Crippen LogP contribution in [0.5, 0.6) is 11.5 Å². The highest BCUT2D eigenvalue weighted by Crippen LogP contribution is 2.37. The van der Waals surface area contributed by atoms with Crippen molar-refractivity contribution in [2.45, 2.75) is 6.92 Å². The first kappa shape index (κ1) is 15.4. The van der Waals surface area contributed by atoms with Crippen LogP contribution in [0.15, 0.2) is 30.3 Å². The second-order valence-corrected chi connectivity index (χ2v) is 5.15. The Bertz CT molecular complexity index is 940. The van der Waals surface area contributed by atoms with Crippen LogP contribution in [0.25, 0.3) is 0 Å². The quantitative estimate of drug-likeness (QED) is 0.544. The zero-order valence-corrected chi connectivity index (χ0v) is 12.3. The lowest BCUT2D eigenvalue weighted by molar-refractivity contribution is -0.131. The molecule has 0 heterocycles. The molecule has 0 amide bonds. The fraction of sp³-hybridized carbons (Fsp3) is 0.0588. The smallest absolute Gasteiger partial charge is 0.335 e. The summed E-state index contributed by atoms with van der Waals surface area (Å²) in [5.41, 5.74) is -0.964. The van der Waals surface area contributed by atoms with Gasteiger partial charge in [0.2, 0.25) is 5.78 Å². The van der Waals surface area contributed by atoms with E-state index in [4.69, 9.17) is 9.84 Å². The van der Waals surface area contributed by atoms with Crippen LogP contribution in [0.4, 0.5) is 0 Å². The van der Waals surface area contributed by atoms with E-state index in [-0.39, 0.29) is 39.3 Å². The van der Waals surface area contributed by atoms with Crippen molar-refractivity contribution in [2.75, 3.05) is 0 Å². The van der Waals surface area contributed by atoms with Crippen LogP contribution in [0, 0.1) is 0 Å². The average Bonchev–Trinajstić information content (AvgIpc) is 2.51. The Morgan fingerprint density at radius 3 is 2.33 bits per heavy atom. The molecule has 24 heavy (non-hydrogen) atoms. The standard InChI is InChI=1S/C17H10O7/c1-7(18)24-12-6-8(17(22)23)5-10-14(12)16(21)13-9(15(10)20)3-2-4-11(13)19/h2-6,19H,1H3,(H,22,23). The lowest BCUT2D eigenvalue weighted by Gasteiger charge is -2.20. The number of ether oxygens (including phenoxy) is 1. The maximum atomic E-state index is 12.7. The summed E-state index contributed by atoms with van der Waals surface area (Å²) in [6.07, 6.45) is 0. The van der Waals surface area contributed by atoms with Crippen molar-refractivity contribution in [2.24, 2.45) is 0 Å². The normalized spacial score (nSPS) is 12.4. The van der Waals surface area contributed by atoms with Gasteiger partial charge in [-0.15, -0.1) is 0 Å². The summed E-state index contributed by atoms with van der Waals surface area (Å²) in [6, 6.07) is 6.07. The number of fused-ring (bicyclic) bond motifs is 2. The van der Waals surface area contributed by atoms with Crippen molar-refractivity contribution in [3.05, 3.63) is 58.1 Å². The lowest BCUT2D eigenvalue weighted by Crippen LogP contribution is -2.23. The number of ketones is 2. The molecule has 2 N–H and O–H groups in total. The van der Waals surface area contributed by atoms with Crippen LogP contribution in [0.2, 0.25) is 0 Å². The van der Waals surface area contributed by atoms with E-state index < -0.39 is 23.5 Å². The van der Waals surface area contributed by atoms with E-state index >= 15 is 0 Å². The van der Waals surface area contributed by atoms with Gasteiger partial charge >= 0.3 is 11.9 Å². The molecular weight excluding hydrogens is 316 g/mol. The van der Waals surface area contributed by atoms with Crippen molar-refractivity contribution in [3.8, 4) is 11.5 Å². The molecule has 1 aliphatic carbocycles. The van der Waals surface area contributed by atoms with E-state index in [0.29, 0.717) is 0 Å². The third-order valence-electron chi connectivity index (χ3n) is 3.59. The molecule has 7 heteroatoms. The van der Waals surface area contributed by atoms with Gasteiger partial charge in [0.05, 0.1) is 16.7 Å². The van der Waals surface area contributed by atoms with Gasteiger partial charge in [0.15, 0.2) is 5.78 Å². The molecule has 0 unspecified atom stereocenters. The Labute approximate surface area is 135 Å². The van der Waals surface area contributed by atoms with E-state index in [1.54, 1.807) is 0 Å². The van der Waals surface area contributed by atoms with E-state index in [1.807, 2.05) is 0 Å². The molecule has 0 spiro atoms. The average molecular weight is 326 g/mol. The zero-order valence-electron chi connectivity index (χ0n) is 12.3. The minimum absolute atomic E-state index is 0.0381. The third-order valence-corrected chi connectivity index (χ3v) is 3.59. The molecule has 7 nitrogen and oxygen atoms in total. The molecule has 0 aromatic heterocycles. The minimum Gasteiger partial charge on any atom is -0.507 e. The number of hydrogen-bond donors (Lipinski definition) is 2. The predicted octanol–water partition coefficient (Wildman–Crippen LogP) is 1.79. The lowest BCUT2D eigenvalue weighted by atomic mass is 9.82. The molecule has 0 radical (unpaired) electrons. The van der Waals surface area contributed by atoms with Crippen LogP contribution >= 0.6 is 0 Å². The summed E-state index contributed by atoms with van der Waals surface area (Å²) in [5, 5.41) is 19.1. The maximum absolute atomic E-state index is 12.7. The number of benzene rings is 2. The fourth-order valence-corrected chi connectivity index (χ4v) is 2.63. The van der Waals surface area contributed by atoms with Gasteiger partial charge in [-0.3, -0.25) is 14.4 Å². The van der Waals surface area contributed by atoms with Crippen molar-refractivity contribution in [1.82, 2.24) is 0 Å². The Kier molecular flexibility index (Phi) is 3.41. The molecule has 120 valence electrons. The molecule has 0 bridgehead atoms. The fourth-order valence-electron chi connectivity index (χ4n) is 2.63. The Morgan fingerprint density at radius 2 is 1.71 bits per heavy atom. The van der Waals surface area contributed by atoms with Crippen LogP contribution in [-0.4, -0.2) is 33.7 Å². The van der Waals surface area contributed by atoms with Crippen LogP contribution in [0.1, 0.15) is 49.1 Å². The number of phenolic OH excluding ortho intramolecular Hbond substituents is 1. The molecule has 0 saturated carbocycles. The van der Waals surface area contributed by atoms with Gasteiger partial charge in [0, 0.05) is 18.1 Å². The highest BCUT2D eigenvalue weighted by molar-refractivity contribution is 6.30. The van der Waals surface area contributed by atoms with Crippen molar-refractivity contribution < 1.29 is 34.1 Å². The van der Waals surface area contributed by atoms with Crippen molar-refractivity contribution in [1.29, 1.82) is 0 Å². The number of carboxylic acids is 1. The number of carbonyl (C=O) groups excluding carboxylic acids is 3. The molecule has 3 rings (SSSR count). The predicted molar refractivity (Wildman–Crippen MR) is 79.7 cm³/mol. The first-order valence-corrected chi connectivity index (χ1v) is 6.82. The van der Waals surface area contributed by atoms with E-state index in [2.05, 4.69) is 0 Å². The maximum Gasteiger partial charge on any atom is 0.335 e. The number of aromatic hydroxyl groups is 1. The molecule has 0 aliphatic heterocycles. The number of hydrogen-bond acceptors (Lipinski definition) is 6. The Hall–Kier alpha value is -3.48. The van der Waals surface area contributed by atoms with Gasteiger partial charge < -0.3 is 14.9 Å². The molecule has 0 fully saturated rings. The van der Waals surface area contributed by atoms with Crippen LogP contribution in [0.3, 0.4) is 0 Å². The largest absolute Gasteiger partial charge is 0.507 e. The molecule has 0 saturated heterocycles. The summed E-state index contributed by atoms with van der Waals surface area (Å²) in [7, 11) is 0. The highest BCUT2D eigenvalue weighted by atomic mass is 16.5. The van der Waals surface area contributed by atoms with Crippen LogP contribution < -0.4 is 4.74 Å². The van der Waals surface area contributed by atoms with Crippen molar-refractivity contribution >= 4 is 23.5 Å². The second kappa shape index (κ2) is 5.31. The number of phenols is 1. The highest BCUT2D eigenvalue weighted by Gasteiger charge is 2.35. The first-order valence-electron chi connectivity index (χ1n) is 6.82. The van der Waals surface area contributed by atoms with Gasteiger partial charge in [0.1, 0.15) is 11.5 Å². The summed E-state index contributed by atoms with van der Waals surface area (Å²) >= 11 is 0. The van der Waals surface area contributed by atoms with E-state index in [9.17, 15) is 24.3 Å². The SMILES string of the molecule is CC(=O)Oc1cc(C(=O)O)cc2c1C(=O)c1c(O)cccc1C2=O. The monoisotopic (exact) mass is 326 g/mol. The number of carboxylic acid groups (broad SMARTS) is 1. The van der Waals surface area contributed by atoms with E-state index in [1.165, 1.54) is 18.2 Å². The summed E-state index contributed by atoms with van der Waals surface area (Å²) in [6.45, 7) is 1.08. The molecule has 2 aromatic carbocycles. The summed E-state index contributed by atoms with van der Waals surface area (Å²) in [4.78, 5) is 47.8. The second-order valence-electron chi connectivity index (χ2n) is 5.15. The Morgan fingerprint density at radius 1 is 1.00 bits per heavy atom. The number of aromatic carboxylic acids is 1. The van der Waals surface area contributed by atoms with Gasteiger partial charge in [-0.05, 0) is 18.2 Å². The number of rotatable bonds is 2. The number of carbonyl (C=O) groups is 4. The molecule has 2 aromatic rings. The Balaban J connectivity index is 2.35. The number of esters is 1. The summed E-state index contributed by atoms with van der Waals surface area (Å²) in [5.74, 6) is -4.17. The molecule has 1 aliphatic rings. The van der Waals surface area contributed by atoms with Gasteiger partial charge in [0.25, 0.3) is 0 Å². The third kappa shape index (κ3) is 2.23. The molecule has 0 atom stereocenters. The topological polar surface area (TPSA) is 118 Å². The minimum atomic E-state index is -1.34. The zero-order chi connectivity index (χ0) is 17.6.